The maximum absolute atomic E-state index is 12.1. The van der Waals surface area contributed by atoms with E-state index >= 15 is 0 Å². The summed E-state index contributed by atoms with van der Waals surface area (Å²) in [4.78, 5) is 14.0. The molecule has 1 aliphatic heterocycles. The van der Waals surface area contributed by atoms with Crippen molar-refractivity contribution in [2.24, 2.45) is 5.92 Å². The lowest BCUT2D eigenvalue weighted by Crippen LogP contribution is -2.32. The van der Waals surface area contributed by atoms with Crippen molar-refractivity contribution in [3.05, 3.63) is 34.3 Å². The number of carbonyl (C=O) groups excluding carboxylic acids is 1. The number of hydrogen-bond acceptors (Lipinski definition) is 2. The van der Waals surface area contributed by atoms with Crippen LogP contribution in [0.3, 0.4) is 0 Å². The molecular weight excluding hydrogens is 298 g/mol. The normalized spacial score (nSPS) is 19.3. The Morgan fingerprint density at radius 3 is 3.06 bits per heavy atom. The first-order valence-electron chi connectivity index (χ1n) is 5.74. The van der Waals surface area contributed by atoms with Gasteiger partial charge in [0, 0.05) is 29.7 Å². The van der Waals surface area contributed by atoms with Crippen LogP contribution in [0.25, 0.3) is 0 Å². The van der Waals surface area contributed by atoms with Crippen molar-refractivity contribution in [1.82, 2.24) is 4.90 Å². The molecule has 0 saturated carbocycles. The first kappa shape index (κ1) is 13.0. The van der Waals surface area contributed by atoms with Gasteiger partial charge in [-0.1, -0.05) is 28.1 Å². The largest absolute Gasteiger partial charge is 0.341 e. The first-order valence-corrected chi connectivity index (χ1v) is 7.69. The Bertz CT molecular complexity index is 404. The van der Waals surface area contributed by atoms with E-state index in [9.17, 15) is 4.79 Å². The predicted octanol–water partition coefficient (Wildman–Crippen LogP) is 3.16. The van der Waals surface area contributed by atoms with Crippen LogP contribution in [-0.2, 0) is 11.3 Å². The van der Waals surface area contributed by atoms with E-state index in [4.69, 9.17) is 0 Å². The average molecular weight is 314 g/mol. The van der Waals surface area contributed by atoms with Crippen LogP contribution in [0, 0.1) is 5.92 Å². The molecule has 92 valence electrons. The van der Waals surface area contributed by atoms with Crippen LogP contribution in [0.4, 0.5) is 0 Å². The molecular formula is C13H16BrNOS. The van der Waals surface area contributed by atoms with Crippen LogP contribution in [0.1, 0.15) is 12.0 Å². The van der Waals surface area contributed by atoms with Crippen molar-refractivity contribution in [3.63, 3.8) is 0 Å². The van der Waals surface area contributed by atoms with Gasteiger partial charge >= 0.3 is 0 Å². The minimum Gasteiger partial charge on any atom is -0.341 e. The highest BCUT2D eigenvalue weighted by atomic mass is 79.9. The molecule has 4 heteroatoms. The Kier molecular flexibility index (Phi) is 4.51. The van der Waals surface area contributed by atoms with E-state index in [1.807, 2.05) is 35.8 Å². The van der Waals surface area contributed by atoms with Crippen LogP contribution in [0.2, 0.25) is 0 Å². The van der Waals surface area contributed by atoms with Crippen LogP contribution >= 0.6 is 27.7 Å². The Hall–Kier alpha value is -0.480. The number of nitrogens with zero attached hydrogens (tertiary/aromatic N) is 1. The number of benzene rings is 1. The van der Waals surface area contributed by atoms with Crippen LogP contribution in [-0.4, -0.2) is 29.4 Å². The maximum atomic E-state index is 12.1. The quantitative estimate of drug-likeness (QED) is 0.854. The molecule has 1 amide bonds. The molecule has 17 heavy (non-hydrogen) atoms. The molecule has 1 fully saturated rings. The number of hydrogen-bond donors (Lipinski definition) is 0. The number of amides is 1. The lowest BCUT2D eigenvalue weighted by Gasteiger charge is -2.20. The molecule has 0 spiro atoms. The zero-order valence-corrected chi connectivity index (χ0v) is 12.3. The maximum Gasteiger partial charge on any atom is 0.226 e. The van der Waals surface area contributed by atoms with Crippen molar-refractivity contribution in [1.29, 1.82) is 0 Å². The number of thioether (sulfide) groups is 1. The molecule has 0 N–H and O–H groups in total. The van der Waals surface area contributed by atoms with Crippen molar-refractivity contribution in [2.45, 2.75) is 13.0 Å². The monoisotopic (exact) mass is 313 g/mol. The van der Waals surface area contributed by atoms with Crippen molar-refractivity contribution >= 4 is 33.6 Å². The molecule has 1 saturated heterocycles. The van der Waals surface area contributed by atoms with E-state index in [2.05, 4.69) is 28.1 Å². The fourth-order valence-electron chi connectivity index (χ4n) is 2.03. The summed E-state index contributed by atoms with van der Waals surface area (Å²) in [5.41, 5.74) is 1.17. The summed E-state index contributed by atoms with van der Waals surface area (Å²) in [5.74, 6) is 2.63. The second kappa shape index (κ2) is 5.91. The summed E-state index contributed by atoms with van der Waals surface area (Å²) >= 11 is 5.33. The Balaban J connectivity index is 1.96. The smallest absolute Gasteiger partial charge is 0.226 e. The fraction of sp³-hybridized carbons (Fsp3) is 0.462. The third-order valence-electron chi connectivity index (χ3n) is 2.96. The highest BCUT2D eigenvalue weighted by Gasteiger charge is 2.25. The lowest BCUT2D eigenvalue weighted by molar-refractivity contribution is -0.133. The molecule has 1 aromatic rings. The van der Waals surface area contributed by atoms with Gasteiger partial charge in [-0.25, -0.2) is 0 Å². The van der Waals surface area contributed by atoms with Gasteiger partial charge in [0.05, 0.1) is 0 Å². The lowest BCUT2D eigenvalue weighted by atomic mass is 10.1. The topological polar surface area (TPSA) is 20.3 Å². The van der Waals surface area contributed by atoms with Gasteiger partial charge in [0.25, 0.3) is 0 Å². The van der Waals surface area contributed by atoms with E-state index in [-0.39, 0.29) is 11.8 Å². The highest BCUT2D eigenvalue weighted by Crippen LogP contribution is 2.25. The van der Waals surface area contributed by atoms with Gasteiger partial charge in [-0.05, 0) is 29.9 Å². The molecule has 0 bridgehead atoms. The van der Waals surface area contributed by atoms with Crippen molar-refractivity contribution in [3.8, 4) is 0 Å². The zero-order chi connectivity index (χ0) is 12.3. The average Bonchev–Trinajstić information content (AvgIpc) is 2.81. The van der Waals surface area contributed by atoms with Crippen molar-refractivity contribution < 1.29 is 4.79 Å². The summed E-state index contributed by atoms with van der Waals surface area (Å²) in [7, 11) is 1.90. The van der Waals surface area contributed by atoms with Gasteiger partial charge in [-0.3, -0.25) is 4.79 Å². The summed E-state index contributed by atoms with van der Waals surface area (Å²) in [6, 6.07) is 8.12. The molecule has 0 radical (unpaired) electrons. The molecule has 1 aromatic carbocycles. The fourth-order valence-corrected chi connectivity index (χ4v) is 3.69. The van der Waals surface area contributed by atoms with E-state index in [0.717, 1.165) is 22.4 Å². The number of rotatable bonds is 3. The third kappa shape index (κ3) is 3.49. The predicted molar refractivity (Wildman–Crippen MR) is 76.0 cm³/mol. The van der Waals surface area contributed by atoms with Crippen LogP contribution < -0.4 is 0 Å². The van der Waals surface area contributed by atoms with E-state index in [1.165, 1.54) is 5.56 Å². The second-order valence-corrected chi connectivity index (χ2v) is 6.45. The standard InChI is InChI=1S/C13H16BrNOS/c1-15(13(16)11-5-6-17-9-11)8-10-3-2-4-12(14)7-10/h2-4,7,11H,5-6,8-9H2,1H3. The third-order valence-corrected chi connectivity index (χ3v) is 4.62. The molecule has 0 aliphatic carbocycles. The Labute approximate surface area is 115 Å². The van der Waals surface area contributed by atoms with Crippen molar-refractivity contribution in [2.75, 3.05) is 18.6 Å². The molecule has 0 aromatic heterocycles. The summed E-state index contributed by atoms with van der Waals surface area (Å²) < 4.78 is 1.06. The van der Waals surface area contributed by atoms with E-state index in [1.54, 1.807) is 0 Å². The first-order chi connectivity index (χ1) is 8.16. The number of carbonyl (C=O) groups is 1. The molecule has 2 nitrogen and oxygen atoms in total. The van der Waals surface area contributed by atoms with E-state index in [0.29, 0.717) is 6.54 Å². The minimum atomic E-state index is 0.233. The van der Waals surface area contributed by atoms with Gasteiger partial charge in [0.2, 0.25) is 5.91 Å². The summed E-state index contributed by atoms with van der Waals surface area (Å²) in [6.45, 7) is 0.694. The molecule has 1 unspecified atom stereocenters. The summed E-state index contributed by atoms with van der Waals surface area (Å²) in [6.07, 6.45) is 1.03. The minimum absolute atomic E-state index is 0.233. The molecule has 1 heterocycles. The molecule has 2 rings (SSSR count). The second-order valence-electron chi connectivity index (χ2n) is 4.38. The van der Waals surface area contributed by atoms with Gasteiger partial charge < -0.3 is 4.90 Å². The molecule has 1 atom stereocenters. The van der Waals surface area contributed by atoms with Gasteiger partial charge in [-0.2, -0.15) is 11.8 Å². The van der Waals surface area contributed by atoms with Gasteiger partial charge in [0.15, 0.2) is 0 Å². The van der Waals surface area contributed by atoms with Crippen LogP contribution in [0.5, 0.6) is 0 Å². The Morgan fingerprint density at radius 1 is 1.59 bits per heavy atom. The van der Waals surface area contributed by atoms with E-state index < -0.39 is 0 Å². The Morgan fingerprint density at radius 2 is 2.41 bits per heavy atom. The SMILES string of the molecule is CN(Cc1cccc(Br)c1)C(=O)C1CCSC1. The molecule has 1 aliphatic rings. The van der Waals surface area contributed by atoms with Gasteiger partial charge in [0.1, 0.15) is 0 Å². The zero-order valence-electron chi connectivity index (χ0n) is 9.86. The van der Waals surface area contributed by atoms with Gasteiger partial charge in [-0.15, -0.1) is 0 Å². The highest BCUT2D eigenvalue weighted by molar-refractivity contribution is 9.10. The summed E-state index contributed by atoms with van der Waals surface area (Å²) in [5, 5.41) is 0. The number of halogens is 1. The van der Waals surface area contributed by atoms with Crippen LogP contribution in [0.15, 0.2) is 28.7 Å².